The minimum atomic E-state index is -0.434. The maximum atomic E-state index is 12.3. The summed E-state index contributed by atoms with van der Waals surface area (Å²) in [5.74, 6) is 0.0482. The summed E-state index contributed by atoms with van der Waals surface area (Å²) in [4.78, 5) is 16.5. The molecule has 0 spiro atoms. The minimum Gasteiger partial charge on any atom is -0.350 e. The zero-order valence-corrected chi connectivity index (χ0v) is 12.0. The molecule has 1 aromatic carbocycles. The third-order valence-electron chi connectivity index (χ3n) is 3.26. The van der Waals surface area contributed by atoms with E-state index in [-0.39, 0.29) is 5.91 Å². The van der Waals surface area contributed by atoms with Crippen LogP contribution < -0.4 is 5.32 Å². The highest BCUT2D eigenvalue weighted by atomic mass is 16.2. The number of aromatic nitrogens is 1. The van der Waals surface area contributed by atoms with Crippen molar-refractivity contribution in [3.8, 4) is 0 Å². The number of hydrogen-bond acceptors (Lipinski definition) is 2. The Bertz CT molecular complexity index is 550. The standard InChI is InChI=1S/C17H20N2O/c1-17(2,12-14-8-4-3-5-9-14)16(20)19-13-15-10-6-7-11-18-15/h3-11H,12-13H2,1-2H3,(H,19,20). The number of pyridine rings is 1. The molecule has 20 heavy (non-hydrogen) atoms. The van der Waals surface area contributed by atoms with Gasteiger partial charge in [0.15, 0.2) is 0 Å². The molecule has 3 heteroatoms. The van der Waals surface area contributed by atoms with Crippen LogP contribution in [0.15, 0.2) is 54.7 Å². The Morgan fingerprint density at radius 1 is 1.10 bits per heavy atom. The lowest BCUT2D eigenvalue weighted by atomic mass is 9.85. The van der Waals surface area contributed by atoms with Crippen LogP contribution in [0.4, 0.5) is 0 Å². The molecule has 1 aromatic heterocycles. The summed E-state index contributed by atoms with van der Waals surface area (Å²) in [6.45, 7) is 4.40. The van der Waals surface area contributed by atoms with Gasteiger partial charge < -0.3 is 5.32 Å². The first-order valence-electron chi connectivity index (χ1n) is 6.80. The summed E-state index contributed by atoms with van der Waals surface area (Å²) >= 11 is 0. The smallest absolute Gasteiger partial charge is 0.226 e. The molecule has 0 bridgehead atoms. The van der Waals surface area contributed by atoms with Crippen molar-refractivity contribution < 1.29 is 4.79 Å². The zero-order chi connectivity index (χ0) is 14.4. The van der Waals surface area contributed by atoms with Gasteiger partial charge in [-0.3, -0.25) is 9.78 Å². The van der Waals surface area contributed by atoms with E-state index in [9.17, 15) is 4.79 Å². The van der Waals surface area contributed by atoms with Crippen molar-refractivity contribution in [1.82, 2.24) is 10.3 Å². The van der Waals surface area contributed by atoms with Gasteiger partial charge in [-0.05, 0) is 24.1 Å². The molecule has 0 aliphatic rings. The molecule has 1 N–H and O–H groups in total. The van der Waals surface area contributed by atoms with Gasteiger partial charge in [-0.15, -0.1) is 0 Å². The largest absolute Gasteiger partial charge is 0.350 e. The van der Waals surface area contributed by atoms with Crippen LogP contribution >= 0.6 is 0 Å². The van der Waals surface area contributed by atoms with Crippen LogP contribution in [-0.4, -0.2) is 10.9 Å². The second kappa shape index (κ2) is 6.33. The fourth-order valence-electron chi connectivity index (χ4n) is 2.10. The van der Waals surface area contributed by atoms with Gasteiger partial charge in [-0.2, -0.15) is 0 Å². The predicted molar refractivity (Wildman–Crippen MR) is 80.0 cm³/mol. The van der Waals surface area contributed by atoms with E-state index >= 15 is 0 Å². The number of rotatable bonds is 5. The molecule has 0 unspecified atom stereocenters. The van der Waals surface area contributed by atoms with E-state index in [1.54, 1.807) is 6.20 Å². The molecular formula is C17H20N2O. The van der Waals surface area contributed by atoms with Crippen molar-refractivity contribution >= 4 is 5.91 Å². The Labute approximate surface area is 120 Å². The van der Waals surface area contributed by atoms with Crippen molar-refractivity contribution in [2.75, 3.05) is 0 Å². The molecule has 0 atom stereocenters. The van der Waals surface area contributed by atoms with E-state index in [1.165, 1.54) is 5.56 Å². The first-order valence-corrected chi connectivity index (χ1v) is 6.80. The summed E-state index contributed by atoms with van der Waals surface area (Å²) in [6, 6.07) is 15.8. The summed E-state index contributed by atoms with van der Waals surface area (Å²) in [6.07, 6.45) is 2.46. The SMILES string of the molecule is CC(C)(Cc1ccccc1)C(=O)NCc1ccccn1. The molecule has 0 saturated carbocycles. The number of carbonyl (C=O) groups excluding carboxylic acids is 1. The minimum absolute atomic E-state index is 0.0482. The second-order valence-electron chi connectivity index (χ2n) is 5.55. The Morgan fingerprint density at radius 2 is 1.80 bits per heavy atom. The molecule has 0 radical (unpaired) electrons. The van der Waals surface area contributed by atoms with Crippen molar-refractivity contribution in [3.63, 3.8) is 0 Å². The molecule has 2 rings (SSSR count). The zero-order valence-electron chi connectivity index (χ0n) is 12.0. The van der Waals surface area contributed by atoms with E-state index < -0.39 is 5.41 Å². The number of nitrogens with zero attached hydrogens (tertiary/aromatic N) is 1. The summed E-state index contributed by atoms with van der Waals surface area (Å²) in [5.41, 5.74) is 1.61. The van der Waals surface area contributed by atoms with Crippen molar-refractivity contribution in [3.05, 3.63) is 66.0 Å². The molecule has 104 valence electrons. The first kappa shape index (κ1) is 14.3. The molecule has 0 aliphatic heterocycles. The van der Waals surface area contributed by atoms with Crippen LogP contribution in [0.3, 0.4) is 0 Å². The quantitative estimate of drug-likeness (QED) is 0.906. The summed E-state index contributed by atoms with van der Waals surface area (Å²) < 4.78 is 0. The number of carbonyl (C=O) groups is 1. The van der Waals surface area contributed by atoms with Gasteiger partial charge in [0.25, 0.3) is 0 Å². The van der Waals surface area contributed by atoms with E-state index in [2.05, 4.69) is 10.3 Å². The predicted octanol–water partition coefficient (Wildman–Crippen LogP) is 2.97. The van der Waals surface area contributed by atoms with Crippen LogP contribution in [0.2, 0.25) is 0 Å². The van der Waals surface area contributed by atoms with Crippen LogP contribution in [-0.2, 0) is 17.8 Å². The maximum absolute atomic E-state index is 12.3. The topological polar surface area (TPSA) is 42.0 Å². The van der Waals surface area contributed by atoms with Gasteiger partial charge in [0.05, 0.1) is 12.2 Å². The van der Waals surface area contributed by atoms with Gasteiger partial charge in [-0.1, -0.05) is 50.2 Å². The van der Waals surface area contributed by atoms with Crippen molar-refractivity contribution in [2.24, 2.45) is 5.41 Å². The molecule has 1 amide bonds. The number of benzene rings is 1. The van der Waals surface area contributed by atoms with Crippen LogP contribution in [0.1, 0.15) is 25.1 Å². The fraction of sp³-hybridized carbons (Fsp3) is 0.294. The maximum Gasteiger partial charge on any atom is 0.226 e. The van der Waals surface area contributed by atoms with Crippen molar-refractivity contribution in [1.29, 1.82) is 0 Å². The molecule has 0 aliphatic carbocycles. The normalized spacial score (nSPS) is 11.1. The Kier molecular flexibility index (Phi) is 4.51. The summed E-state index contributed by atoms with van der Waals surface area (Å²) in [7, 11) is 0. The van der Waals surface area contributed by atoms with Crippen molar-refractivity contribution in [2.45, 2.75) is 26.8 Å². The highest BCUT2D eigenvalue weighted by Crippen LogP contribution is 2.22. The lowest BCUT2D eigenvalue weighted by Crippen LogP contribution is -2.38. The van der Waals surface area contributed by atoms with E-state index in [0.29, 0.717) is 6.54 Å². The lowest BCUT2D eigenvalue weighted by molar-refractivity contribution is -0.129. The fourth-order valence-corrected chi connectivity index (χ4v) is 2.10. The number of amides is 1. The monoisotopic (exact) mass is 268 g/mol. The third-order valence-corrected chi connectivity index (χ3v) is 3.26. The number of hydrogen-bond donors (Lipinski definition) is 1. The molecule has 3 nitrogen and oxygen atoms in total. The molecule has 1 heterocycles. The van der Waals surface area contributed by atoms with Gasteiger partial charge in [0.1, 0.15) is 0 Å². The molecule has 0 fully saturated rings. The lowest BCUT2D eigenvalue weighted by Gasteiger charge is -2.23. The average molecular weight is 268 g/mol. The van der Waals surface area contributed by atoms with Crippen LogP contribution in [0.25, 0.3) is 0 Å². The van der Waals surface area contributed by atoms with E-state index in [1.807, 2.05) is 62.4 Å². The molecule has 0 saturated heterocycles. The van der Waals surface area contributed by atoms with E-state index in [0.717, 1.165) is 12.1 Å². The third kappa shape index (κ3) is 3.92. The first-order chi connectivity index (χ1) is 9.58. The van der Waals surface area contributed by atoms with Gasteiger partial charge >= 0.3 is 0 Å². The Morgan fingerprint density at radius 3 is 2.45 bits per heavy atom. The van der Waals surface area contributed by atoms with E-state index in [4.69, 9.17) is 0 Å². The summed E-state index contributed by atoms with van der Waals surface area (Å²) in [5, 5.41) is 2.96. The Balaban J connectivity index is 1.93. The average Bonchev–Trinajstić information content (AvgIpc) is 2.46. The molecular weight excluding hydrogens is 248 g/mol. The van der Waals surface area contributed by atoms with Crippen LogP contribution in [0.5, 0.6) is 0 Å². The second-order valence-corrected chi connectivity index (χ2v) is 5.55. The Hall–Kier alpha value is -2.16. The van der Waals surface area contributed by atoms with Gasteiger partial charge in [-0.25, -0.2) is 0 Å². The highest BCUT2D eigenvalue weighted by Gasteiger charge is 2.27. The van der Waals surface area contributed by atoms with Gasteiger partial charge in [0, 0.05) is 11.6 Å². The van der Waals surface area contributed by atoms with Gasteiger partial charge in [0.2, 0.25) is 5.91 Å². The number of nitrogens with one attached hydrogen (secondary N) is 1. The molecule has 2 aromatic rings. The van der Waals surface area contributed by atoms with Crippen LogP contribution in [0, 0.1) is 5.41 Å². The highest BCUT2D eigenvalue weighted by molar-refractivity contribution is 5.82.